The number of pyridine rings is 1. The third-order valence-corrected chi connectivity index (χ3v) is 5.47. The molecule has 0 saturated carbocycles. The van der Waals surface area contributed by atoms with Gasteiger partial charge in [0, 0.05) is 5.69 Å². The van der Waals surface area contributed by atoms with Crippen LogP contribution in [0.1, 0.15) is 19.4 Å². The highest BCUT2D eigenvalue weighted by atomic mass is 32.2. The summed E-state index contributed by atoms with van der Waals surface area (Å²) in [6.45, 7) is 4.58. The van der Waals surface area contributed by atoms with Gasteiger partial charge in [0.25, 0.3) is 10.0 Å². The van der Waals surface area contributed by atoms with Gasteiger partial charge in [-0.15, -0.1) is 0 Å². The van der Waals surface area contributed by atoms with Crippen LogP contribution in [0.5, 0.6) is 5.75 Å². The number of hydrogen-bond donors (Lipinski definition) is 2. The Labute approximate surface area is 165 Å². The van der Waals surface area contributed by atoms with E-state index in [1.165, 1.54) is 0 Å². The molecular weight excluding hydrogens is 374 g/mol. The Balaban J connectivity index is 1.66. The van der Waals surface area contributed by atoms with Gasteiger partial charge < -0.3 is 10.1 Å². The minimum absolute atomic E-state index is 0.211. The van der Waals surface area contributed by atoms with Crippen molar-refractivity contribution in [3.63, 3.8) is 0 Å². The molecule has 0 unspecified atom stereocenters. The molecule has 2 aromatic carbocycles. The van der Waals surface area contributed by atoms with Crippen LogP contribution in [0, 0.1) is 0 Å². The second-order valence-corrected chi connectivity index (χ2v) is 7.80. The zero-order chi connectivity index (χ0) is 20.0. The summed E-state index contributed by atoms with van der Waals surface area (Å²) in [5.74, 6) is 1.07. The van der Waals surface area contributed by atoms with E-state index in [0.29, 0.717) is 6.61 Å². The first-order valence-electron chi connectivity index (χ1n) is 9.08. The molecule has 1 heterocycles. The maximum absolute atomic E-state index is 12.5. The lowest BCUT2D eigenvalue weighted by atomic mass is 10.2. The predicted octanol–water partition coefficient (Wildman–Crippen LogP) is 4.59. The van der Waals surface area contributed by atoms with Crippen LogP contribution in [0.2, 0.25) is 0 Å². The van der Waals surface area contributed by atoms with Gasteiger partial charge in [0.2, 0.25) is 0 Å². The Hall–Kier alpha value is -3.06. The summed E-state index contributed by atoms with van der Waals surface area (Å²) < 4.78 is 32.9. The monoisotopic (exact) mass is 397 g/mol. The first-order chi connectivity index (χ1) is 13.5. The second-order valence-electron chi connectivity index (χ2n) is 6.12. The summed E-state index contributed by atoms with van der Waals surface area (Å²) in [6.07, 6.45) is 2.44. The van der Waals surface area contributed by atoms with Crippen molar-refractivity contribution in [3.05, 3.63) is 72.4 Å². The summed E-state index contributed by atoms with van der Waals surface area (Å²) in [7, 11) is -3.67. The molecule has 7 heteroatoms. The lowest BCUT2D eigenvalue weighted by Gasteiger charge is -2.10. The fraction of sp³-hybridized carbons (Fsp3) is 0.190. The molecule has 146 valence electrons. The van der Waals surface area contributed by atoms with Gasteiger partial charge in [0.1, 0.15) is 11.6 Å². The highest BCUT2D eigenvalue weighted by molar-refractivity contribution is 7.92. The fourth-order valence-corrected chi connectivity index (χ4v) is 3.61. The van der Waals surface area contributed by atoms with Gasteiger partial charge in [-0.25, -0.2) is 13.4 Å². The van der Waals surface area contributed by atoms with Crippen molar-refractivity contribution in [3.8, 4) is 5.75 Å². The first kappa shape index (κ1) is 19.7. The molecule has 6 nitrogen and oxygen atoms in total. The number of ether oxygens (including phenoxy) is 1. The lowest BCUT2D eigenvalue weighted by Crippen LogP contribution is -2.13. The van der Waals surface area contributed by atoms with Crippen LogP contribution in [0.4, 0.5) is 17.2 Å². The molecule has 0 fully saturated rings. The molecule has 0 aliphatic carbocycles. The molecule has 0 spiro atoms. The van der Waals surface area contributed by atoms with Crippen molar-refractivity contribution >= 4 is 27.2 Å². The Morgan fingerprint density at radius 2 is 1.57 bits per heavy atom. The van der Waals surface area contributed by atoms with Crippen LogP contribution in [0.25, 0.3) is 0 Å². The maximum atomic E-state index is 12.5. The van der Waals surface area contributed by atoms with E-state index in [0.717, 1.165) is 29.1 Å². The van der Waals surface area contributed by atoms with Crippen LogP contribution in [0.3, 0.4) is 0 Å². The quantitative estimate of drug-likeness (QED) is 0.581. The molecule has 1 aromatic heterocycles. The van der Waals surface area contributed by atoms with Gasteiger partial charge in [-0.2, -0.15) is 0 Å². The molecule has 0 atom stereocenters. The normalized spacial score (nSPS) is 11.1. The fourth-order valence-electron chi connectivity index (χ4n) is 2.60. The number of aromatic nitrogens is 1. The minimum atomic E-state index is -3.67. The van der Waals surface area contributed by atoms with Crippen LogP contribution in [-0.4, -0.2) is 20.0 Å². The Kier molecular flexibility index (Phi) is 6.16. The summed E-state index contributed by atoms with van der Waals surface area (Å²) in [4.78, 5) is 4.40. The standard InChI is InChI=1S/C21H23N3O3S/c1-3-16-5-12-20(13-6-16)28(25,26)24-21-14-9-18(15-22-21)23-17-7-10-19(11-8-17)27-4-2/h5-15,23H,3-4H2,1-2H3,(H,22,24). The van der Waals surface area contributed by atoms with E-state index in [9.17, 15) is 8.42 Å². The molecule has 0 amide bonds. The van der Waals surface area contributed by atoms with Crippen molar-refractivity contribution in [2.24, 2.45) is 0 Å². The highest BCUT2D eigenvalue weighted by Gasteiger charge is 2.14. The zero-order valence-electron chi connectivity index (χ0n) is 15.8. The summed E-state index contributed by atoms with van der Waals surface area (Å²) in [5.41, 5.74) is 2.72. The number of nitrogens with one attached hydrogen (secondary N) is 2. The topological polar surface area (TPSA) is 80.3 Å². The number of aryl methyl sites for hydroxylation is 1. The van der Waals surface area contributed by atoms with E-state index in [4.69, 9.17) is 4.74 Å². The van der Waals surface area contributed by atoms with E-state index in [2.05, 4.69) is 15.0 Å². The summed E-state index contributed by atoms with van der Waals surface area (Å²) in [6, 6.07) is 17.8. The molecule has 2 N–H and O–H groups in total. The molecule has 28 heavy (non-hydrogen) atoms. The van der Waals surface area contributed by atoms with Crippen molar-refractivity contribution in [2.45, 2.75) is 25.2 Å². The van der Waals surface area contributed by atoms with E-state index in [-0.39, 0.29) is 10.7 Å². The molecule has 3 aromatic rings. The second kappa shape index (κ2) is 8.75. The van der Waals surface area contributed by atoms with E-state index in [1.54, 1.807) is 30.5 Å². The molecular formula is C21H23N3O3S. The average Bonchev–Trinajstić information content (AvgIpc) is 2.71. The van der Waals surface area contributed by atoms with Crippen molar-refractivity contribution < 1.29 is 13.2 Å². The van der Waals surface area contributed by atoms with Gasteiger partial charge in [0.15, 0.2) is 0 Å². The van der Waals surface area contributed by atoms with Gasteiger partial charge in [0.05, 0.1) is 23.4 Å². The SMILES string of the molecule is CCOc1ccc(Nc2ccc(NS(=O)(=O)c3ccc(CC)cc3)nc2)cc1. The zero-order valence-corrected chi connectivity index (χ0v) is 16.7. The third-order valence-electron chi connectivity index (χ3n) is 4.10. The minimum Gasteiger partial charge on any atom is -0.494 e. The van der Waals surface area contributed by atoms with Crippen LogP contribution in [-0.2, 0) is 16.4 Å². The van der Waals surface area contributed by atoms with Gasteiger partial charge in [-0.1, -0.05) is 19.1 Å². The van der Waals surface area contributed by atoms with E-state index < -0.39 is 10.0 Å². The summed E-state index contributed by atoms with van der Waals surface area (Å²) >= 11 is 0. The average molecular weight is 398 g/mol. The number of anilines is 3. The van der Waals surface area contributed by atoms with E-state index >= 15 is 0 Å². The van der Waals surface area contributed by atoms with Gasteiger partial charge >= 0.3 is 0 Å². The largest absolute Gasteiger partial charge is 0.494 e. The molecule has 0 aliphatic rings. The smallest absolute Gasteiger partial charge is 0.263 e. The van der Waals surface area contributed by atoms with Crippen molar-refractivity contribution in [2.75, 3.05) is 16.6 Å². The van der Waals surface area contributed by atoms with Gasteiger partial charge in [-0.05, 0) is 67.4 Å². The maximum Gasteiger partial charge on any atom is 0.263 e. The number of nitrogens with zero attached hydrogens (tertiary/aromatic N) is 1. The summed E-state index contributed by atoms with van der Waals surface area (Å²) in [5, 5.41) is 3.21. The van der Waals surface area contributed by atoms with E-state index in [1.807, 2.05) is 50.2 Å². The first-order valence-corrected chi connectivity index (χ1v) is 10.6. The number of sulfonamides is 1. The number of hydrogen-bond acceptors (Lipinski definition) is 5. The Morgan fingerprint density at radius 1 is 0.893 bits per heavy atom. The molecule has 0 aliphatic heterocycles. The molecule has 0 saturated heterocycles. The molecule has 0 bridgehead atoms. The van der Waals surface area contributed by atoms with Crippen LogP contribution >= 0.6 is 0 Å². The predicted molar refractivity (Wildman–Crippen MR) is 112 cm³/mol. The molecule has 3 rings (SSSR count). The third kappa shape index (κ3) is 5.01. The lowest BCUT2D eigenvalue weighted by molar-refractivity contribution is 0.340. The Bertz CT molecular complexity index is 1000. The highest BCUT2D eigenvalue weighted by Crippen LogP contribution is 2.21. The molecule has 0 radical (unpaired) electrons. The Morgan fingerprint density at radius 3 is 2.14 bits per heavy atom. The van der Waals surface area contributed by atoms with Gasteiger partial charge in [-0.3, -0.25) is 4.72 Å². The van der Waals surface area contributed by atoms with Crippen molar-refractivity contribution in [1.29, 1.82) is 0 Å². The number of rotatable bonds is 8. The van der Waals surface area contributed by atoms with Crippen molar-refractivity contribution in [1.82, 2.24) is 4.98 Å². The van der Waals surface area contributed by atoms with Crippen LogP contribution in [0.15, 0.2) is 71.8 Å². The van der Waals surface area contributed by atoms with Crippen LogP contribution < -0.4 is 14.8 Å². The number of benzene rings is 2.